The molecule has 0 radical (unpaired) electrons. The Balaban J connectivity index is 2.33. The molecule has 3 heteroatoms. The van der Waals surface area contributed by atoms with Crippen molar-refractivity contribution in [2.24, 2.45) is 11.7 Å². The maximum atomic E-state index is 12.0. The molecule has 1 rings (SSSR count). The smallest absolute Gasteiger partial charge is 0.222 e. The molecule has 0 saturated heterocycles. The first-order chi connectivity index (χ1) is 7.54. The van der Waals surface area contributed by atoms with Crippen LogP contribution in [-0.2, 0) is 4.79 Å². The molecule has 0 aromatic rings. The Kier molecular flexibility index (Phi) is 5.26. The van der Waals surface area contributed by atoms with Crippen LogP contribution >= 0.6 is 0 Å². The van der Waals surface area contributed by atoms with Crippen molar-refractivity contribution < 1.29 is 4.79 Å². The maximum Gasteiger partial charge on any atom is 0.222 e. The first-order valence-electron chi connectivity index (χ1n) is 6.55. The summed E-state index contributed by atoms with van der Waals surface area (Å²) in [5, 5.41) is 0. The summed E-state index contributed by atoms with van der Waals surface area (Å²) in [4.78, 5) is 13.9. The van der Waals surface area contributed by atoms with Crippen LogP contribution in [0.5, 0.6) is 0 Å². The lowest BCUT2D eigenvalue weighted by Crippen LogP contribution is -2.36. The summed E-state index contributed by atoms with van der Waals surface area (Å²) in [5.74, 6) is 0.869. The number of nitrogens with two attached hydrogens (primary N) is 1. The molecule has 2 N–H and O–H groups in total. The van der Waals surface area contributed by atoms with Gasteiger partial charge in [0.1, 0.15) is 0 Å². The second kappa shape index (κ2) is 6.24. The molecule has 0 aliphatic heterocycles. The minimum atomic E-state index is 0.301. The molecular formula is C13H26N2O. The Bertz CT molecular complexity index is 222. The van der Waals surface area contributed by atoms with Crippen molar-refractivity contribution in [3.8, 4) is 0 Å². The summed E-state index contributed by atoms with van der Waals surface area (Å²) in [6, 6.07) is 0.733. The number of hydrogen-bond donors (Lipinski definition) is 1. The fourth-order valence-electron chi connectivity index (χ4n) is 2.30. The van der Waals surface area contributed by atoms with Crippen LogP contribution < -0.4 is 5.73 Å². The molecule has 0 heterocycles. The third-order valence-electron chi connectivity index (χ3n) is 4.00. The van der Waals surface area contributed by atoms with Crippen molar-refractivity contribution in [2.45, 2.75) is 64.5 Å². The standard InChI is InChI=1S/C13H26N2O/c1-4-10(2)15(3)13(16)9-11-5-7-12(14)8-6-11/h10-12H,4-9,14H2,1-3H3. The first-order valence-corrected chi connectivity index (χ1v) is 6.55. The van der Waals surface area contributed by atoms with Gasteiger partial charge in [0.25, 0.3) is 0 Å². The number of hydrogen-bond acceptors (Lipinski definition) is 2. The Hall–Kier alpha value is -0.570. The van der Waals surface area contributed by atoms with Crippen molar-refractivity contribution in [3.05, 3.63) is 0 Å². The van der Waals surface area contributed by atoms with Gasteiger partial charge in [0.15, 0.2) is 0 Å². The van der Waals surface area contributed by atoms with Crippen LogP contribution in [-0.4, -0.2) is 29.9 Å². The molecule has 1 fully saturated rings. The molecule has 94 valence electrons. The van der Waals surface area contributed by atoms with Gasteiger partial charge in [0.2, 0.25) is 5.91 Å². The Labute approximate surface area is 99.4 Å². The minimum absolute atomic E-state index is 0.301. The van der Waals surface area contributed by atoms with Gasteiger partial charge in [-0.3, -0.25) is 4.79 Å². The van der Waals surface area contributed by atoms with Crippen LogP contribution in [0.25, 0.3) is 0 Å². The molecule has 0 aromatic carbocycles. The minimum Gasteiger partial charge on any atom is -0.343 e. The molecule has 0 spiro atoms. The molecule has 1 aliphatic rings. The number of amides is 1. The van der Waals surface area contributed by atoms with E-state index in [-0.39, 0.29) is 0 Å². The SMILES string of the molecule is CCC(C)N(C)C(=O)CC1CCC(N)CC1. The molecule has 1 atom stereocenters. The van der Waals surface area contributed by atoms with E-state index in [0.29, 0.717) is 30.3 Å². The van der Waals surface area contributed by atoms with E-state index in [0.717, 1.165) is 32.1 Å². The van der Waals surface area contributed by atoms with Crippen LogP contribution in [0.15, 0.2) is 0 Å². The van der Waals surface area contributed by atoms with Gasteiger partial charge in [-0.1, -0.05) is 6.92 Å². The summed E-state index contributed by atoms with van der Waals surface area (Å²) < 4.78 is 0. The predicted octanol–water partition coefficient (Wildman–Crippen LogP) is 2.15. The van der Waals surface area contributed by atoms with Crippen LogP contribution in [0.3, 0.4) is 0 Å². The molecule has 1 amide bonds. The lowest BCUT2D eigenvalue weighted by Gasteiger charge is -2.29. The quantitative estimate of drug-likeness (QED) is 0.798. The lowest BCUT2D eigenvalue weighted by atomic mass is 9.84. The zero-order chi connectivity index (χ0) is 12.1. The van der Waals surface area contributed by atoms with Gasteiger partial charge in [-0.05, 0) is 44.9 Å². The second-order valence-electron chi connectivity index (χ2n) is 5.25. The van der Waals surface area contributed by atoms with Gasteiger partial charge in [0, 0.05) is 25.6 Å². The average molecular weight is 226 g/mol. The highest BCUT2D eigenvalue weighted by molar-refractivity contribution is 5.76. The van der Waals surface area contributed by atoms with Crippen LogP contribution in [0, 0.1) is 5.92 Å². The lowest BCUT2D eigenvalue weighted by molar-refractivity contribution is -0.133. The first kappa shape index (κ1) is 13.5. The highest BCUT2D eigenvalue weighted by atomic mass is 16.2. The van der Waals surface area contributed by atoms with Crippen molar-refractivity contribution in [1.29, 1.82) is 0 Å². The summed E-state index contributed by atoms with van der Waals surface area (Å²) in [7, 11) is 1.92. The molecule has 1 aliphatic carbocycles. The highest BCUT2D eigenvalue weighted by Gasteiger charge is 2.23. The summed E-state index contributed by atoms with van der Waals surface area (Å²) in [6.07, 6.45) is 6.17. The van der Waals surface area contributed by atoms with E-state index < -0.39 is 0 Å². The van der Waals surface area contributed by atoms with Crippen molar-refractivity contribution in [1.82, 2.24) is 4.90 Å². The van der Waals surface area contributed by atoms with E-state index in [1.807, 2.05) is 11.9 Å². The Morgan fingerprint density at radius 2 is 1.94 bits per heavy atom. The zero-order valence-corrected chi connectivity index (χ0v) is 10.9. The normalized spacial score (nSPS) is 27.5. The maximum absolute atomic E-state index is 12.0. The van der Waals surface area contributed by atoms with E-state index in [4.69, 9.17) is 5.73 Å². The van der Waals surface area contributed by atoms with Crippen LogP contribution in [0.2, 0.25) is 0 Å². The van der Waals surface area contributed by atoms with Crippen molar-refractivity contribution >= 4 is 5.91 Å². The van der Waals surface area contributed by atoms with Crippen molar-refractivity contribution in [2.75, 3.05) is 7.05 Å². The van der Waals surface area contributed by atoms with E-state index in [1.165, 1.54) is 0 Å². The average Bonchev–Trinajstić information content (AvgIpc) is 2.30. The number of carbonyl (C=O) groups excluding carboxylic acids is 1. The number of carbonyl (C=O) groups is 1. The summed E-state index contributed by atoms with van der Waals surface area (Å²) in [6.45, 7) is 4.22. The highest BCUT2D eigenvalue weighted by Crippen LogP contribution is 2.26. The largest absolute Gasteiger partial charge is 0.343 e. The fraction of sp³-hybridized carbons (Fsp3) is 0.923. The van der Waals surface area contributed by atoms with Gasteiger partial charge in [0.05, 0.1) is 0 Å². The van der Waals surface area contributed by atoms with Gasteiger partial charge in [-0.2, -0.15) is 0 Å². The molecule has 1 unspecified atom stereocenters. The molecule has 0 aromatic heterocycles. The third-order valence-corrected chi connectivity index (χ3v) is 4.00. The topological polar surface area (TPSA) is 46.3 Å². The molecular weight excluding hydrogens is 200 g/mol. The Morgan fingerprint density at radius 1 is 1.38 bits per heavy atom. The second-order valence-corrected chi connectivity index (χ2v) is 5.25. The van der Waals surface area contributed by atoms with E-state index in [1.54, 1.807) is 0 Å². The summed E-state index contributed by atoms with van der Waals surface area (Å²) >= 11 is 0. The van der Waals surface area contributed by atoms with E-state index in [2.05, 4.69) is 13.8 Å². The third kappa shape index (κ3) is 3.78. The molecule has 3 nitrogen and oxygen atoms in total. The molecule has 0 bridgehead atoms. The van der Waals surface area contributed by atoms with Gasteiger partial charge >= 0.3 is 0 Å². The molecule has 16 heavy (non-hydrogen) atoms. The number of rotatable bonds is 4. The van der Waals surface area contributed by atoms with E-state index >= 15 is 0 Å². The Morgan fingerprint density at radius 3 is 2.44 bits per heavy atom. The zero-order valence-electron chi connectivity index (χ0n) is 10.9. The van der Waals surface area contributed by atoms with Gasteiger partial charge in [-0.15, -0.1) is 0 Å². The van der Waals surface area contributed by atoms with Gasteiger partial charge < -0.3 is 10.6 Å². The fourth-order valence-corrected chi connectivity index (χ4v) is 2.30. The van der Waals surface area contributed by atoms with Crippen molar-refractivity contribution in [3.63, 3.8) is 0 Å². The molecule has 1 saturated carbocycles. The number of nitrogens with zero attached hydrogens (tertiary/aromatic N) is 1. The van der Waals surface area contributed by atoms with Crippen LogP contribution in [0.1, 0.15) is 52.4 Å². The van der Waals surface area contributed by atoms with E-state index in [9.17, 15) is 4.79 Å². The summed E-state index contributed by atoms with van der Waals surface area (Å²) in [5.41, 5.74) is 5.86. The monoisotopic (exact) mass is 226 g/mol. The predicted molar refractivity (Wildman–Crippen MR) is 67.1 cm³/mol. The van der Waals surface area contributed by atoms with Crippen LogP contribution in [0.4, 0.5) is 0 Å². The van der Waals surface area contributed by atoms with Gasteiger partial charge in [-0.25, -0.2) is 0 Å².